The van der Waals surface area contributed by atoms with Crippen LogP contribution in [0.3, 0.4) is 0 Å². The first-order valence-corrected chi connectivity index (χ1v) is 6.78. The van der Waals surface area contributed by atoms with Gasteiger partial charge in [-0.25, -0.2) is 0 Å². The number of benzene rings is 1. The van der Waals surface area contributed by atoms with Crippen molar-refractivity contribution >= 4 is 17.5 Å². The number of anilines is 1. The van der Waals surface area contributed by atoms with Crippen LogP contribution in [-0.4, -0.2) is 29.6 Å². The molecular weight excluding hydrogens is 256 g/mol. The minimum Gasteiger partial charge on any atom is -0.391 e. The zero-order valence-electron chi connectivity index (χ0n) is 12.2. The molecule has 1 unspecified atom stereocenters. The Morgan fingerprint density at radius 1 is 1.25 bits per heavy atom. The third kappa shape index (κ3) is 5.01. The molecule has 0 radical (unpaired) electrons. The molecule has 1 aromatic rings. The van der Waals surface area contributed by atoms with E-state index in [1.54, 1.807) is 6.07 Å². The van der Waals surface area contributed by atoms with Crippen LogP contribution >= 0.6 is 0 Å². The third-order valence-electron chi connectivity index (χ3n) is 2.96. The van der Waals surface area contributed by atoms with Crippen molar-refractivity contribution in [1.29, 1.82) is 0 Å². The molecule has 0 saturated carbocycles. The first-order valence-electron chi connectivity index (χ1n) is 6.78. The molecule has 1 rings (SSSR count). The summed E-state index contributed by atoms with van der Waals surface area (Å²) >= 11 is 0. The average molecular weight is 278 g/mol. The average Bonchev–Trinajstić information content (AvgIpc) is 2.39. The highest BCUT2D eigenvalue weighted by atomic mass is 16.3. The number of carbonyl (C=O) groups excluding carboxylic acids is 2. The van der Waals surface area contributed by atoms with Crippen LogP contribution in [0.4, 0.5) is 5.69 Å². The van der Waals surface area contributed by atoms with Gasteiger partial charge >= 0.3 is 11.8 Å². The Hall–Kier alpha value is -1.88. The number of aryl methyl sites for hydroxylation is 2. The maximum atomic E-state index is 11.7. The third-order valence-corrected chi connectivity index (χ3v) is 2.96. The maximum absolute atomic E-state index is 11.7. The van der Waals surface area contributed by atoms with Crippen LogP contribution in [-0.2, 0) is 9.59 Å². The maximum Gasteiger partial charge on any atom is 0.313 e. The summed E-state index contributed by atoms with van der Waals surface area (Å²) in [6, 6.07) is 5.56. The lowest BCUT2D eigenvalue weighted by atomic mass is 10.1. The lowest BCUT2D eigenvalue weighted by Gasteiger charge is -2.11. The van der Waals surface area contributed by atoms with Crippen molar-refractivity contribution in [3.05, 3.63) is 29.3 Å². The Kier molecular flexibility index (Phi) is 6.18. The Morgan fingerprint density at radius 3 is 2.55 bits per heavy atom. The van der Waals surface area contributed by atoms with Crippen LogP contribution < -0.4 is 10.6 Å². The molecule has 1 aromatic carbocycles. The molecule has 0 aromatic heterocycles. The Labute approximate surface area is 119 Å². The van der Waals surface area contributed by atoms with E-state index in [0.29, 0.717) is 12.1 Å². The molecule has 5 heteroatoms. The predicted octanol–water partition coefficient (Wildman–Crippen LogP) is 1.52. The summed E-state index contributed by atoms with van der Waals surface area (Å²) in [5.74, 6) is -1.46. The molecule has 3 N–H and O–H groups in total. The highest BCUT2D eigenvalue weighted by molar-refractivity contribution is 6.39. The van der Waals surface area contributed by atoms with Crippen LogP contribution in [0.2, 0.25) is 0 Å². The van der Waals surface area contributed by atoms with E-state index in [0.717, 1.165) is 17.5 Å². The SMILES string of the molecule is CCCC(O)CNC(=O)C(=O)Nc1ccc(C)cc1C. The van der Waals surface area contributed by atoms with E-state index in [1.807, 2.05) is 32.9 Å². The van der Waals surface area contributed by atoms with Crippen molar-refractivity contribution in [2.24, 2.45) is 0 Å². The second-order valence-electron chi connectivity index (χ2n) is 4.93. The van der Waals surface area contributed by atoms with Gasteiger partial charge < -0.3 is 15.7 Å². The van der Waals surface area contributed by atoms with Gasteiger partial charge in [-0.3, -0.25) is 9.59 Å². The summed E-state index contributed by atoms with van der Waals surface area (Å²) in [6.07, 6.45) is 0.808. The molecule has 0 aliphatic heterocycles. The van der Waals surface area contributed by atoms with E-state index < -0.39 is 17.9 Å². The van der Waals surface area contributed by atoms with Gasteiger partial charge in [-0.1, -0.05) is 31.0 Å². The van der Waals surface area contributed by atoms with Crippen LogP contribution in [0.5, 0.6) is 0 Å². The molecule has 5 nitrogen and oxygen atoms in total. The number of rotatable bonds is 5. The number of amides is 2. The first-order chi connectivity index (χ1) is 9.43. The Bertz CT molecular complexity index is 486. The van der Waals surface area contributed by atoms with E-state index in [-0.39, 0.29) is 6.54 Å². The molecule has 0 heterocycles. The van der Waals surface area contributed by atoms with Crippen LogP contribution in [0.1, 0.15) is 30.9 Å². The highest BCUT2D eigenvalue weighted by Gasteiger charge is 2.15. The quantitative estimate of drug-likeness (QED) is 0.715. The van der Waals surface area contributed by atoms with Crippen LogP contribution in [0, 0.1) is 13.8 Å². The van der Waals surface area contributed by atoms with Gasteiger partial charge in [0, 0.05) is 12.2 Å². The minimum absolute atomic E-state index is 0.0903. The number of nitrogens with one attached hydrogen (secondary N) is 2. The van der Waals surface area contributed by atoms with E-state index in [1.165, 1.54) is 0 Å². The topological polar surface area (TPSA) is 78.4 Å². The minimum atomic E-state index is -0.736. The van der Waals surface area contributed by atoms with Crippen molar-refractivity contribution in [3.63, 3.8) is 0 Å². The van der Waals surface area contributed by atoms with Gasteiger partial charge in [0.05, 0.1) is 6.10 Å². The van der Waals surface area contributed by atoms with Crippen molar-refractivity contribution < 1.29 is 14.7 Å². The molecule has 0 saturated heterocycles. The zero-order valence-corrected chi connectivity index (χ0v) is 12.2. The molecule has 0 spiro atoms. The Balaban J connectivity index is 2.51. The summed E-state index contributed by atoms with van der Waals surface area (Å²) in [5, 5.41) is 14.5. The summed E-state index contributed by atoms with van der Waals surface area (Å²) in [4.78, 5) is 23.3. The fraction of sp³-hybridized carbons (Fsp3) is 0.467. The molecule has 2 amide bonds. The molecule has 0 aliphatic rings. The second-order valence-corrected chi connectivity index (χ2v) is 4.93. The Morgan fingerprint density at radius 2 is 1.95 bits per heavy atom. The molecule has 110 valence electrons. The van der Waals surface area contributed by atoms with E-state index in [2.05, 4.69) is 10.6 Å². The smallest absolute Gasteiger partial charge is 0.313 e. The summed E-state index contributed by atoms with van der Waals surface area (Å²) in [7, 11) is 0. The standard InChI is InChI=1S/C15H22N2O3/c1-4-5-12(18)9-16-14(19)15(20)17-13-7-6-10(2)8-11(13)3/h6-8,12,18H,4-5,9H2,1-3H3,(H,16,19)(H,17,20). The summed E-state index contributed by atoms with van der Waals surface area (Å²) < 4.78 is 0. The van der Waals surface area contributed by atoms with Gasteiger partial charge in [0.2, 0.25) is 0 Å². The summed E-state index contributed by atoms with van der Waals surface area (Å²) in [5.41, 5.74) is 2.61. The van der Waals surface area contributed by atoms with E-state index >= 15 is 0 Å². The number of aliphatic hydroxyl groups excluding tert-OH is 1. The van der Waals surface area contributed by atoms with Crippen molar-refractivity contribution in [1.82, 2.24) is 5.32 Å². The molecule has 0 bridgehead atoms. The highest BCUT2D eigenvalue weighted by Crippen LogP contribution is 2.15. The predicted molar refractivity (Wildman–Crippen MR) is 78.5 cm³/mol. The number of hydrogen-bond donors (Lipinski definition) is 3. The normalized spacial score (nSPS) is 11.8. The second kappa shape index (κ2) is 7.65. The molecule has 0 fully saturated rings. The summed E-state index contributed by atoms with van der Waals surface area (Å²) in [6.45, 7) is 5.86. The van der Waals surface area contributed by atoms with Gasteiger partial charge in [-0.05, 0) is 31.9 Å². The number of aliphatic hydroxyl groups is 1. The monoisotopic (exact) mass is 278 g/mol. The fourth-order valence-electron chi connectivity index (χ4n) is 1.86. The molecule has 0 aliphatic carbocycles. The molecular formula is C15H22N2O3. The number of carbonyl (C=O) groups is 2. The first kappa shape index (κ1) is 16.2. The fourth-order valence-corrected chi connectivity index (χ4v) is 1.86. The number of hydrogen-bond acceptors (Lipinski definition) is 3. The van der Waals surface area contributed by atoms with E-state index in [4.69, 9.17) is 0 Å². The van der Waals surface area contributed by atoms with Crippen LogP contribution in [0.25, 0.3) is 0 Å². The lowest BCUT2D eigenvalue weighted by Crippen LogP contribution is -2.39. The van der Waals surface area contributed by atoms with Gasteiger partial charge in [0.25, 0.3) is 0 Å². The van der Waals surface area contributed by atoms with Gasteiger partial charge in [-0.15, -0.1) is 0 Å². The largest absolute Gasteiger partial charge is 0.391 e. The van der Waals surface area contributed by atoms with E-state index in [9.17, 15) is 14.7 Å². The molecule has 20 heavy (non-hydrogen) atoms. The zero-order chi connectivity index (χ0) is 15.1. The van der Waals surface area contributed by atoms with Crippen LogP contribution in [0.15, 0.2) is 18.2 Å². The van der Waals surface area contributed by atoms with Gasteiger partial charge in [0.15, 0.2) is 0 Å². The van der Waals surface area contributed by atoms with Crippen molar-refractivity contribution in [2.75, 3.05) is 11.9 Å². The van der Waals surface area contributed by atoms with Crippen molar-refractivity contribution in [2.45, 2.75) is 39.7 Å². The molecule has 1 atom stereocenters. The van der Waals surface area contributed by atoms with Gasteiger partial charge in [0.1, 0.15) is 0 Å². The van der Waals surface area contributed by atoms with Gasteiger partial charge in [-0.2, -0.15) is 0 Å². The lowest BCUT2D eigenvalue weighted by molar-refractivity contribution is -0.136. The van der Waals surface area contributed by atoms with Crippen molar-refractivity contribution in [3.8, 4) is 0 Å².